The van der Waals surface area contributed by atoms with Crippen LogP contribution in [0.15, 0.2) is 18.3 Å². The number of imidazole rings is 1. The number of aromatic nitrogens is 3. The Morgan fingerprint density at radius 1 is 1.45 bits per heavy atom. The van der Waals surface area contributed by atoms with Crippen molar-refractivity contribution >= 4 is 11.5 Å². The summed E-state index contributed by atoms with van der Waals surface area (Å²) in [5.74, 6) is 0.513. The van der Waals surface area contributed by atoms with Crippen LogP contribution in [-0.4, -0.2) is 14.6 Å². The van der Waals surface area contributed by atoms with E-state index in [1.54, 1.807) is 16.8 Å². The van der Waals surface area contributed by atoms with Gasteiger partial charge in [-0.3, -0.25) is 0 Å². The molecule has 0 spiro atoms. The fourth-order valence-electron chi connectivity index (χ4n) is 1.00. The second-order valence-corrected chi connectivity index (χ2v) is 2.43. The van der Waals surface area contributed by atoms with E-state index in [9.17, 15) is 0 Å². The highest BCUT2D eigenvalue weighted by molar-refractivity contribution is 5.42. The van der Waals surface area contributed by atoms with E-state index in [4.69, 9.17) is 5.73 Å². The standard InChI is InChI=1S/C7H8N4/c1-5-4-9-7-3-2-6(8)10-11(5)7/h2-4H,1H3,(H2,8,10). The third-order valence-corrected chi connectivity index (χ3v) is 1.55. The molecule has 4 nitrogen and oxygen atoms in total. The summed E-state index contributed by atoms with van der Waals surface area (Å²) in [6.07, 6.45) is 1.77. The third kappa shape index (κ3) is 0.832. The van der Waals surface area contributed by atoms with Crippen molar-refractivity contribution in [3.63, 3.8) is 0 Å². The molecule has 0 unspecified atom stereocenters. The number of aryl methyl sites for hydroxylation is 1. The van der Waals surface area contributed by atoms with E-state index < -0.39 is 0 Å². The number of rotatable bonds is 0. The summed E-state index contributed by atoms with van der Waals surface area (Å²) in [6.45, 7) is 1.94. The number of hydrogen-bond donors (Lipinski definition) is 1. The molecule has 56 valence electrons. The lowest BCUT2D eigenvalue weighted by Gasteiger charge is -1.94. The normalized spacial score (nSPS) is 10.6. The first-order valence-electron chi connectivity index (χ1n) is 3.34. The highest BCUT2D eigenvalue weighted by atomic mass is 15.3. The van der Waals surface area contributed by atoms with Crippen molar-refractivity contribution in [3.05, 3.63) is 24.0 Å². The van der Waals surface area contributed by atoms with E-state index in [1.165, 1.54) is 0 Å². The number of fused-ring (bicyclic) bond motifs is 1. The summed E-state index contributed by atoms with van der Waals surface area (Å²) in [5.41, 5.74) is 7.32. The number of anilines is 1. The van der Waals surface area contributed by atoms with Gasteiger partial charge in [-0.15, -0.1) is 5.10 Å². The molecule has 2 aromatic rings. The molecule has 11 heavy (non-hydrogen) atoms. The average molecular weight is 148 g/mol. The largest absolute Gasteiger partial charge is 0.382 e. The maximum Gasteiger partial charge on any atom is 0.153 e. The molecule has 0 bridgehead atoms. The molecule has 0 saturated heterocycles. The van der Waals surface area contributed by atoms with Crippen molar-refractivity contribution in [3.8, 4) is 0 Å². The quantitative estimate of drug-likeness (QED) is 0.595. The number of nitrogens with two attached hydrogens (primary N) is 1. The average Bonchev–Trinajstić information content (AvgIpc) is 2.33. The molecular formula is C7H8N4. The Morgan fingerprint density at radius 2 is 2.27 bits per heavy atom. The fraction of sp³-hybridized carbons (Fsp3) is 0.143. The summed E-state index contributed by atoms with van der Waals surface area (Å²) in [4.78, 5) is 4.10. The lowest BCUT2D eigenvalue weighted by molar-refractivity contribution is 0.908. The summed E-state index contributed by atoms with van der Waals surface area (Å²) in [5, 5.41) is 4.07. The van der Waals surface area contributed by atoms with Gasteiger partial charge in [0.05, 0.1) is 11.9 Å². The Morgan fingerprint density at radius 3 is 3.09 bits per heavy atom. The van der Waals surface area contributed by atoms with Gasteiger partial charge in [-0.05, 0) is 19.1 Å². The smallest absolute Gasteiger partial charge is 0.153 e. The molecule has 0 aromatic carbocycles. The number of nitrogen functional groups attached to an aromatic ring is 1. The SMILES string of the molecule is Cc1cnc2ccc(N)nn12. The highest BCUT2D eigenvalue weighted by Crippen LogP contribution is 2.04. The molecule has 4 heteroatoms. The summed E-state index contributed by atoms with van der Waals surface area (Å²) < 4.78 is 1.72. The van der Waals surface area contributed by atoms with Crippen LogP contribution < -0.4 is 5.73 Å². The molecule has 2 aromatic heterocycles. The van der Waals surface area contributed by atoms with Crippen LogP contribution in [0.4, 0.5) is 5.82 Å². The summed E-state index contributed by atoms with van der Waals surface area (Å²) in [6, 6.07) is 3.58. The van der Waals surface area contributed by atoms with Crippen molar-refractivity contribution in [1.82, 2.24) is 14.6 Å². The molecule has 0 radical (unpaired) electrons. The van der Waals surface area contributed by atoms with Gasteiger partial charge in [-0.25, -0.2) is 9.50 Å². The second-order valence-electron chi connectivity index (χ2n) is 2.43. The van der Waals surface area contributed by atoms with Gasteiger partial charge in [0.15, 0.2) is 5.65 Å². The molecule has 0 fully saturated rings. The van der Waals surface area contributed by atoms with Crippen LogP contribution >= 0.6 is 0 Å². The highest BCUT2D eigenvalue weighted by Gasteiger charge is 1.98. The van der Waals surface area contributed by atoms with E-state index >= 15 is 0 Å². The van der Waals surface area contributed by atoms with Gasteiger partial charge in [0.1, 0.15) is 5.82 Å². The zero-order valence-electron chi connectivity index (χ0n) is 6.15. The molecular weight excluding hydrogens is 140 g/mol. The molecule has 2 heterocycles. The van der Waals surface area contributed by atoms with Crippen LogP contribution in [0.3, 0.4) is 0 Å². The monoisotopic (exact) mass is 148 g/mol. The van der Waals surface area contributed by atoms with Crippen LogP contribution in [0, 0.1) is 6.92 Å². The molecule has 0 aliphatic heterocycles. The maximum absolute atomic E-state index is 5.49. The molecule has 0 aliphatic carbocycles. The van der Waals surface area contributed by atoms with Gasteiger partial charge < -0.3 is 5.73 Å². The van der Waals surface area contributed by atoms with E-state index in [0.29, 0.717) is 5.82 Å². The van der Waals surface area contributed by atoms with Crippen molar-refractivity contribution in [2.45, 2.75) is 6.92 Å². The Kier molecular flexibility index (Phi) is 1.09. The first kappa shape index (κ1) is 6.15. The van der Waals surface area contributed by atoms with Crippen LogP contribution in [0.1, 0.15) is 5.69 Å². The minimum absolute atomic E-state index is 0.513. The maximum atomic E-state index is 5.49. The van der Waals surface area contributed by atoms with Crippen molar-refractivity contribution in [1.29, 1.82) is 0 Å². The van der Waals surface area contributed by atoms with E-state index in [2.05, 4.69) is 10.1 Å². The third-order valence-electron chi connectivity index (χ3n) is 1.55. The van der Waals surface area contributed by atoms with Gasteiger partial charge in [-0.2, -0.15) is 0 Å². The molecule has 0 saturated carbocycles. The molecule has 0 amide bonds. The van der Waals surface area contributed by atoms with Crippen LogP contribution in [-0.2, 0) is 0 Å². The summed E-state index contributed by atoms with van der Waals surface area (Å²) in [7, 11) is 0. The number of hydrogen-bond acceptors (Lipinski definition) is 3. The van der Waals surface area contributed by atoms with Gasteiger partial charge in [-0.1, -0.05) is 0 Å². The predicted molar refractivity (Wildman–Crippen MR) is 42.1 cm³/mol. The predicted octanol–water partition coefficient (Wildman–Crippen LogP) is 0.620. The van der Waals surface area contributed by atoms with Crippen molar-refractivity contribution < 1.29 is 0 Å². The zero-order chi connectivity index (χ0) is 7.84. The lowest BCUT2D eigenvalue weighted by Crippen LogP contribution is -1.98. The minimum Gasteiger partial charge on any atom is -0.382 e. The Bertz CT molecular complexity index is 390. The topological polar surface area (TPSA) is 56.2 Å². The van der Waals surface area contributed by atoms with Crippen LogP contribution in [0.5, 0.6) is 0 Å². The molecule has 0 aliphatic rings. The second kappa shape index (κ2) is 1.95. The number of nitrogens with zero attached hydrogens (tertiary/aromatic N) is 3. The van der Waals surface area contributed by atoms with Gasteiger partial charge >= 0.3 is 0 Å². The Balaban J connectivity index is 2.87. The van der Waals surface area contributed by atoms with Gasteiger partial charge in [0.2, 0.25) is 0 Å². The van der Waals surface area contributed by atoms with Crippen molar-refractivity contribution in [2.75, 3.05) is 5.73 Å². The lowest BCUT2D eigenvalue weighted by atomic mass is 10.5. The first-order valence-corrected chi connectivity index (χ1v) is 3.34. The first-order chi connectivity index (χ1) is 5.27. The van der Waals surface area contributed by atoms with E-state index in [0.717, 1.165) is 11.3 Å². The molecule has 2 rings (SSSR count). The fourth-order valence-corrected chi connectivity index (χ4v) is 1.00. The minimum atomic E-state index is 0.513. The van der Waals surface area contributed by atoms with Crippen LogP contribution in [0.25, 0.3) is 5.65 Å². The molecule has 0 atom stereocenters. The van der Waals surface area contributed by atoms with Crippen LogP contribution in [0.2, 0.25) is 0 Å². The summed E-state index contributed by atoms with van der Waals surface area (Å²) >= 11 is 0. The Hall–Kier alpha value is -1.58. The Labute approximate surface area is 63.7 Å². The van der Waals surface area contributed by atoms with E-state index in [1.807, 2.05) is 13.0 Å². The molecule has 2 N–H and O–H groups in total. The van der Waals surface area contributed by atoms with Gasteiger partial charge in [0, 0.05) is 0 Å². The van der Waals surface area contributed by atoms with E-state index in [-0.39, 0.29) is 0 Å². The van der Waals surface area contributed by atoms with Crippen molar-refractivity contribution in [2.24, 2.45) is 0 Å². The van der Waals surface area contributed by atoms with Gasteiger partial charge in [0.25, 0.3) is 0 Å². The zero-order valence-corrected chi connectivity index (χ0v) is 6.15.